The van der Waals surface area contributed by atoms with Gasteiger partial charge in [0.05, 0.1) is 0 Å². The molecule has 0 fully saturated rings. The number of hydrogen-bond acceptors (Lipinski definition) is 4. The molecule has 5 nitrogen and oxygen atoms in total. The van der Waals surface area contributed by atoms with Gasteiger partial charge in [0.15, 0.2) is 5.82 Å². The van der Waals surface area contributed by atoms with Crippen LogP contribution in [0.4, 0.5) is 14.6 Å². The van der Waals surface area contributed by atoms with Gasteiger partial charge in [0.25, 0.3) is 0 Å². The predicted molar refractivity (Wildman–Crippen MR) is 55.2 cm³/mol. The van der Waals surface area contributed by atoms with E-state index in [0.717, 1.165) is 10.7 Å². The summed E-state index contributed by atoms with van der Waals surface area (Å²) in [5.74, 6) is -1.53. The monoisotopic (exact) mass is 225 g/mol. The zero-order valence-corrected chi connectivity index (χ0v) is 8.38. The highest BCUT2D eigenvalue weighted by Gasteiger charge is 2.11. The van der Waals surface area contributed by atoms with E-state index in [1.807, 2.05) is 0 Å². The Balaban J connectivity index is 2.99. The fraction of sp³-hybridized carbons (Fsp3) is 0.111. The van der Waals surface area contributed by atoms with Crippen LogP contribution in [-0.2, 0) is 0 Å². The average molecular weight is 225 g/mol. The maximum Gasteiger partial charge on any atom is 0.243 e. The lowest BCUT2D eigenvalue weighted by Gasteiger charge is -2.11. The van der Waals surface area contributed by atoms with Crippen molar-refractivity contribution < 1.29 is 8.78 Å². The van der Waals surface area contributed by atoms with Gasteiger partial charge < -0.3 is 11.2 Å². The Labute approximate surface area is 89.0 Å². The minimum atomic E-state index is -0.835. The molecule has 0 aliphatic carbocycles. The molecule has 0 atom stereocenters. The second-order valence-corrected chi connectivity index (χ2v) is 3.16. The molecule has 1 aromatic carbocycles. The zero-order chi connectivity index (χ0) is 11.9. The third kappa shape index (κ3) is 1.37. The Hall–Kier alpha value is -2.18. The van der Waals surface area contributed by atoms with Crippen LogP contribution >= 0.6 is 0 Å². The maximum atomic E-state index is 13.4. The van der Waals surface area contributed by atoms with Crippen molar-refractivity contribution >= 4 is 16.7 Å². The number of fused-ring (bicyclic) bond motifs is 1. The van der Waals surface area contributed by atoms with Crippen molar-refractivity contribution in [2.45, 2.75) is 0 Å². The van der Waals surface area contributed by atoms with Crippen molar-refractivity contribution in [2.75, 3.05) is 18.2 Å². The molecule has 7 heteroatoms. The van der Waals surface area contributed by atoms with E-state index in [1.54, 1.807) is 0 Å². The molecular formula is C9H9F2N5. The van der Waals surface area contributed by atoms with Crippen LogP contribution in [0.25, 0.3) is 10.9 Å². The molecule has 84 valence electrons. The third-order valence-corrected chi connectivity index (χ3v) is 2.20. The molecule has 0 aliphatic rings. The van der Waals surface area contributed by atoms with Crippen LogP contribution in [0.15, 0.2) is 12.1 Å². The average Bonchev–Trinajstić information content (AvgIpc) is 2.21. The van der Waals surface area contributed by atoms with Crippen molar-refractivity contribution in [1.82, 2.24) is 9.66 Å². The molecule has 2 aromatic rings. The minimum Gasteiger partial charge on any atom is -0.383 e. The summed E-state index contributed by atoms with van der Waals surface area (Å²) in [7, 11) is 1.53. The van der Waals surface area contributed by atoms with Gasteiger partial charge in [-0.05, 0) is 6.07 Å². The first-order valence-electron chi connectivity index (χ1n) is 4.44. The SMILES string of the molecule is CNn1c(N)c2cc(F)cc(F)c2nc1=N. The van der Waals surface area contributed by atoms with Gasteiger partial charge in [0.1, 0.15) is 17.2 Å². The summed E-state index contributed by atoms with van der Waals surface area (Å²) in [6.45, 7) is 0. The molecular weight excluding hydrogens is 216 g/mol. The first-order chi connectivity index (χ1) is 7.54. The standard InChI is InChI=1S/C9H9F2N5/c1-14-16-8(12)5-2-4(10)3-6(11)7(5)15-9(16)13/h2-3,13-14H,12H2,1H3. The maximum absolute atomic E-state index is 13.4. The summed E-state index contributed by atoms with van der Waals surface area (Å²) in [4.78, 5) is 3.69. The Morgan fingerprint density at radius 1 is 1.44 bits per heavy atom. The van der Waals surface area contributed by atoms with Crippen LogP contribution < -0.4 is 16.8 Å². The molecule has 4 N–H and O–H groups in total. The van der Waals surface area contributed by atoms with E-state index in [2.05, 4.69) is 10.4 Å². The largest absolute Gasteiger partial charge is 0.383 e. The lowest BCUT2D eigenvalue weighted by molar-refractivity contribution is 0.589. The summed E-state index contributed by atoms with van der Waals surface area (Å²) in [5, 5.41) is 7.62. The number of halogens is 2. The molecule has 16 heavy (non-hydrogen) atoms. The number of nitrogens with one attached hydrogen (secondary N) is 2. The van der Waals surface area contributed by atoms with Crippen LogP contribution in [0, 0.1) is 17.0 Å². The van der Waals surface area contributed by atoms with Gasteiger partial charge >= 0.3 is 0 Å². The van der Waals surface area contributed by atoms with Crippen molar-refractivity contribution in [3.05, 3.63) is 29.4 Å². The van der Waals surface area contributed by atoms with Crippen LogP contribution in [0.5, 0.6) is 0 Å². The molecule has 0 aliphatic heterocycles. The van der Waals surface area contributed by atoms with Crippen molar-refractivity contribution in [2.24, 2.45) is 0 Å². The number of nitrogen functional groups attached to an aromatic ring is 1. The van der Waals surface area contributed by atoms with Gasteiger partial charge in [-0.3, -0.25) is 5.41 Å². The van der Waals surface area contributed by atoms with Crippen LogP contribution in [0.2, 0.25) is 0 Å². The smallest absolute Gasteiger partial charge is 0.243 e. The number of anilines is 1. The highest BCUT2D eigenvalue weighted by atomic mass is 19.1. The third-order valence-electron chi connectivity index (χ3n) is 2.20. The van der Waals surface area contributed by atoms with Crippen molar-refractivity contribution in [3.63, 3.8) is 0 Å². The van der Waals surface area contributed by atoms with Crippen LogP contribution in [-0.4, -0.2) is 16.7 Å². The highest BCUT2D eigenvalue weighted by Crippen LogP contribution is 2.20. The summed E-state index contributed by atoms with van der Waals surface area (Å²) < 4.78 is 27.5. The number of hydrogen-bond donors (Lipinski definition) is 3. The minimum absolute atomic E-state index is 0.0379. The Kier molecular flexibility index (Phi) is 2.22. The Morgan fingerprint density at radius 2 is 2.12 bits per heavy atom. The zero-order valence-electron chi connectivity index (χ0n) is 8.38. The second-order valence-electron chi connectivity index (χ2n) is 3.16. The summed E-state index contributed by atoms with van der Waals surface area (Å²) in [6.07, 6.45) is 0. The Morgan fingerprint density at radius 3 is 2.75 bits per heavy atom. The van der Waals surface area contributed by atoms with Gasteiger partial charge in [0, 0.05) is 18.5 Å². The first-order valence-corrected chi connectivity index (χ1v) is 4.44. The van der Waals surface area contributed by atoms with Crippen molar-refractivity contribution in [1.29, 1.82) is 5.41 Å². The number of aromatic nitrogens is 2. The summed E-state index contributed by atoms with van der Waals surface area (Å²) in [6, 6.07) is 1.78. The van der Waals surface area contributed by atoms with Crippen LogP contribution in [0.1, 0.15) is 0 Å². The fourth-order valence-corrected chi connectivity index (χ4v) is 1.49. The van der Waals surface area contributed by atoms with E-state index < -0.39 is 11.6 Å². The normalized spacial score (nSPS) is 10.7. The van der Waals surface area contributed by atoms with E-state index in [1.165, 1.54) is 7.05 Å². The van der Waals surface area contributed by atoms with Crippen molar-refractivity contribution in [3.8, 4) is 0 Å². The van der Waals surface area contributed by atoms with Gasteiger partial charge in [-0.25, -0.2) is 18.4 Å². The molecule has 0 spiro atoms. The predicted octanol–water partition coefficient (Wildman–Crippen LogP) is 0.549. The lowest BCUT2D eigenvalue weighted by Crippen LogP contribution is -2.31. The van der Waals surface area contributed by atoms with Gasteiger partial charge in [-0.2, -0.15) is 0 Å². The van der Waals surface area contributed by atoms with Crippen LogP contribution in [0.3, 0.4) is 0 Å². The second kappa shape index (κ2) is 3.44. The highest BCUT2D eigenvalue weighted by molar-refractivity contribution is 5.88. The molecule has 1 heterocycles. The molecule has 0 amide bonds. The summed E-state index contributed by atoms with van der Waals surface area (Å²) in [5.41, 5.74) is 7.90. The first kappa shape index (κ1) is 10.3. The number of rotatable bonds is 1. The van der Waals surface area contributed by atoms with Gasteiger partial charge in [-0.15, -0.1) is 0 Å². The lowest BCUT2D eigenvalue weighted by atomic mass is 10.2. The molecule has 1 aromatic heterocycles. The Bertz CT molecular complexity index is 619. The van der Waals surface area contributed by atoms with E-state index in [0.29, 0.717) is 6.07 Å². The van der Waals surface area contributed by atoms with E-state index in [4.69, 9.17) is 11.1 Å². The van der Waals surface area contributed by atoms with Gasteiger partial charge in [-0.1, -0.05) is 0 Å². The van der Waals surface area contributed by atoms with E-state index in [9.17, 15) is 8.78 Å². The number of benzene rings is 1. The number of nitrogens with two attached hydrogens (primary N) is 1. The quantitative estimate of drug-likeness (QED) is 0.663. The topological polar surface area (TPSA) is 79.7 Å². The fourth-order valence-electron chi connectivity index (χ4n) is 1.49. The van der Waals surface area contributed by atoms with E-state index >= 15 is 0 Å². The molecule has 0 bridgehead atoms. The molecule has 2 rings (SSSR count). The summed E-state index contributed by atoms with van der Waals surface area (Å²) >= 11 is 0. The molecule has 0 unspecified atom stereocenters. The molecule has 0 saturated carbocycles. The van der Waals surface area contributed by atoms with E-state index in [-0.39, 0.29) is 22.3 Å². The molecule has 0 radical (unpaired) electrons. The van der Waals surface area contributed by atoms with Gasteiger partial charge in [0.2, 0.25) is 5.62 Å². The number of nitrogens with zero attached hydrogens (tertiary/aromatic N) is 2. The molecule has 0 saturated heterocycles.